The summed E-state index contributed by atoms with van der Waals surface area (Å²) in [5.41, 5.74) is 1.19. The second kappa shape index (κ2) is 3.57. The Morgan fingerprint density at radius 3 is 2.06 bits per heavy atom. The van der Waals surface area contributed by atoms with Gasteiger partial charge in [0.2, 0.25) is 10.0 Å². The van der Waals surface area contributed by atoms with Crippen LogP contribution in [-0.2, 0) is 10.0 Å². The van der Waals surface area contributed by atoms with Gasteiger partial charge in [-0.25, -0.2) is 8.42 Å². The second-order valence-electron chi connectivity index (χ2n) is 5.25. The van der Waals surface area contributed by atoms with Crippen LogP contribution in [0.2, 0.25) is 0 Å². The van der Waals surface area contributed by atoms with E-state index in [-0.39, 0.29) is 5.41 Å². The predicted molar refractivity (Wildman–Crippen MR) is 63.7 cm³/mol. The molecule has 0 spiro atoms. The second-order valence-corrected chi connectivity index (χ2v) is 7.19. The third-order valence-electron chi connectivity index (χ3n) is 2.87. The topological polar surface area (TPSA) is 37.4 Å². The molecule has 0 bridgehead atoms. The normalized spacial score (nSPS) is 20.4. The van der Waals surface area contributed by atoms with Crippen LogP contribution in [0.15, 0.2) is 29.2 Å². The highest BCUT2D eigenvalue weighted by molar-refractivity contribution is 7.89. The van der Waals surface area contributed by atoms with Gasteiger partial charge in [0.1, 0.15) is 0 Å². The van der Waals surface area contributed by atoms with Crippen molar-refractivity contribution in [3.63, 3.8) is 0 Å². The van der Waals surface area contributed by atoms with Gasteiger partial charge in [0.25, 0.3) is 0 Å². The Labute approximate surface area is 97.1 Å². The maximum atomic E-state index is 12.1. The molecular formula is C12H17NO2S. The van der Waals surface area contributed by atoms with Gasteiger partial charge in [0, 0.05) is 13.1 Å². The quantitative estimate of drug-likeness (QED) is 0.792. The fourth-order valence-corrected chi connectivity index (χ4v) is 3.75. The molecule has 0 amide bonds. The summed E-state index contributed by atoms with van der Waals surface area (Å²) in [5.74, 6) is 0. The molecule has 1 aliphatic heterocycles. The minimum atomic E-state index is -3.26. The van der Waals surface area contributed by atoms with Gasteiger partial charge < -0.3 is 0 Å². The first kappa shape index (κ1) is 11.6. The molecule has 0 atom stereocenters. The lowest BCUT2D eigenvalue weighted by Gasteiger charge is -2.44. The van der Waals surface area contributed by atoms with E-state index in [1.807, 2.05) is 19.1 Å². The summed E-state index contributed by atoms with van der Waals surface area (Å²) < 4.78 is 25.8. The summed E-state index contributed by atoms with van der Waals surface area (Å²) in [6.07, 6.45) is 0. The van der Waals surface area contributed by atoms with Crippen molar-refractivity contribution in [3.05, 3.63) is 29.8 Å². The first-order valence-corrected chi connectivity index (χ1v) is 6.82. The van der Waals surface area contributed by atoms with Crippen molar-refractivity contribution in [3.8, 4) is 0 Å². The summed E-state index contributed by atoms with van der Waals surface area (Å²) in [6, 6.07) is 7.02. The zero-order chi connectivity index (χ0) is 12.0. The Kier molecular flexibility index (Phi) is 2.59. The molecule has 88 valence electrons. The van der Waals surface area contributed by atoms with E-state index < -0.39 is 10.0 Å². The van der Waals surface area contributed by atoms with Crippen LogP contribution in [0.1, 0.15) is 19.4 Å². The van der Waals surface area contributed by atoms with Gasteiger partial charge in [0.15, 0.2) is 0 Å². The van der Waals surface area contributed by atoms with Gasteiger partial charge in [-0.15, -0.1) is 0 Å². The van der Waals surface area contributed by atoms with Crippen LogP contribution in [0.25, 0.3) is 0 Å². The Balaban J connectivity index is 2.24. The van der Waals surface area contributed by atoms with E-state index in [0.29, 0.717) is 18.0 Å². The highest BCUT2D eigenvalue weighted by Crippen LogP contribution is 2.33. The standard InChI is InChI=1S/C12H17NO2S/c1-10-4-6-11(7-5-10)16(14,15)13-8-12(2,3)9-13/h4-7H,8-9H2,1-3H3. The monoisotopic (exact) mass is 239 g/mol. The number of hydrogen-bond donors (Lipinski definition) is 0. The lowest BCUT2D eigenvalue weighted by Crippen LogP contribution is -2.55. The number of nitrogens with zero attached hydrogens (tertiary/aromatic N) is 1. The molecule has 16 heavy (non-hydrogen) atoms. The van der Waals surface area contributed by atoms with Crippen molar-refractivity contribution in [1.29, 1.82) is 0 Å². The van der Waals surface area contributed by atoms with E-state index in [1.165, 1.54) is 4.31 Å². The Morgan fingerprint density at radius 2 is 1.62 bits per heavy atom. The Morgan fingerprint density at radius 1 is 1.12 bits per heavy atom. The van der Waals surface area contributed by atoms with Crippen LogP contribution >= 0.6 is 0 Å². The molecule has 1 heterocycles. The zero-order valence-corrected chi connectivity index (χ0v) is 10.7. The molecule has 1 fully saturated rings. The highest BCUT2D eigenvalue weighted by atomic mass is 32.2. The SMILES string of the molecule is Cc1ccc(S(=O)(=O)N2CC(C)(C)C2)cc1. The average molecular weight is 239 g/mol. The minimum absolute atomic E-state index is 0.123. The van der Waals surface area contributed by atoms with E-state index in [1.54, 1.807) is 12.1 Å². The summed E-state index contributed by atoms with van der Waals surface area (Å²) >= 11 is 0. The maximum Gasteiger partial charge on any atom is 0.243 e. The number of aryl methyl sites for hydroxylation is 1. The molecule has 0 unspecified atom stereocenters. The van der Waals surface area contributed by atoms with Crippen LogP contribution < -0.4 is 0 Å². The van der Waals surface area contributed by atoms with Crippen LogP contribution in [0.5, 0.6) is 0 Å². The van der Waals surface area contributed by atoms with Gasteiger partial charge in [0.05, 0.1) is 4.90 Å². The van der Waals surface area contributed by atoms with E-state index in [0.717, 1.165) is 5.56 Å². The predicted octanol–water partition coefficient (Wildman–Crippen LogP) is 2.03. The van der Waals surface area contributed by atoms with Gasteiger partial charge in [-0.2, -0.15) is 4.31 Å². The lowest BCUT2D eigenvalue weighted by atomic mass is 9.87. The average Bonchev–Trinajstić information content (AvgIpc) is 2.14. The third-order valence-corrected chi connectivity index (χ3v) is 4.67. The van der Waals surface area contributed by atoms with Crippen molar-refractivity contribution >= 4 is 10.0 Å². The molecule has 0 radical (unpaired) electrons. The fourth-order valence-electron chi connectivity index (χ4n) is 1.94. The van der Waals surface area contributed by atoms with E-state index in [9.17, 15) is 8.42 Å². The Hall–Kier alpha value is -0.870. The number of rotatable bonds is 2. The van der Waals surface area contributed by atoms with Crippen LogP contribution in [0.4, 0.5) is 0 Å². The molecule has 1 aromatic carbocycles. The first-order valence-electron chi connectivity index (χ1n) is 5.38. The lowest BCUT2D eigenvalue weighted by molar-refractivity contribution is 0.111. The summed E-state index contributed by atoms with van der Waals surface area (Å²) in [7, 11) is -3.26. The van der Waals surface area contributed by atoms with Gasteiger partial charge in [-0.3, -0.25) is 0 Å². The van der Waals surface area contributed by atoms with E-state index in [4.69, 9.17) is 0 Å². The smallest absolute Gasteiger partial charge is 0.207 e. The number of benzene rings is 1. The third kappa shape index (κ3) is 1.99. The van der Waals surface area contributed by atoms with Crippen molar-refractivity contribution in [2.45, 2.75) is 25.7 Å². The fraction of sp³-hybridized carbons (Fsp3) is 0.500. The van der Waals surface area contributed by atoms with Crippen LogP contribution in [0.3, 0.4) is 0 Å². The summed E-state index contributed by atoms with van der Waals surface area (Å²) in [6.45, 7) is 7.33. The molecule has 0 aliphatic carbocycles. The van der Waals surface area contributed by atoms with Crippen LogP contribution in [0, 0.1) is 12.3 Å². The molecule has 0 N–H and O–H groups in total. The van der Waals surface area contributed by atoms with Gasteiger partial charge >= 0.3 is 0 Å². The minimum Gasteiger partial charge on any atom is -0.207 e. The van der Waals surface area contributed by atoms with E-state index >= 15 is 0 Å². The largest absolute Gasteiger partial charge is 0.243 e. The van der Waals surface area contributed by atoms with Crippen molar-refractivity contribution < 1.29 is 8.42 Å². The number of sulfonamides is 1. The summed E-state index contributed by atoms with van der Waals surface area (Å²) in [5, 5.41) is 0. The van der Waals surface area contributed by atoms with Gasteiger partial charge in [-0.05, 0) is 24.5 Å². The molecule has 0 saturated carbocycles. The van der Waals surface area contributed by atoms with Crippen LogP contribution in [-0.4, -0.2) is 25.8 Å². The molecule has 0 aromatic heterocycles. The first-order chi connectivity index (χ1) is 7.31. The molecule has 1 saturated heterocycles. The van der Waals surface area contributed by atoms with E-state index in [2.05, 4.69) is 13.8 Å². The molecule has 4 heteroatoms. The molecule has 1 aliphatic rings. The molecular weight excluding hydrogens is 222 g/mol. The van der Waals surface area contributed by atoms with Crippen molar-refractivity contribution in [2.75, 3.05) is 13.1 Å². The zero-order valence-electron chi connectivity index (χ0n) is 9.90. The Bertz CT molecular complexity index is 480. The highest BCUT2D eigenvalue weighted by Gasteiger charge is 2.41. The van der Waals surface area contributed by atoms with Crippen molar-refractivity contribution in [2.24, 2.45) is 5.41 Å². The molecule has 3 nitrogen and oxygen atoms in total. The molecule has 1 aromatic rings. The van der Waals surface area contributed by atoms with Crippen molar-refractivity contribution in [1.82, 2.24) is 4.31 Å². The summed E-state index contributed by atoms with van der Waals surface area (Å²) in [4.78, 5) is 0.397. The van der Waals surface area contributed by atoms with Gasteiger partial charge in [-0.1, -0.05) is 31.5 Å². The molecule has 2 rings (SSSR count). The maximum absolute atomic E-state index is 12.1. The number of hydrogen-bond acceptors (Lipinski definition) is 2.